The predicted molar refractivity (Wildman–Crippen MR) is 68.1 cm³/mol. The third-order valence-electron chi connectivity index (χ3n) is 3.44. The Morgan fingerprint density at radius 1 is 1.33 bits per heavy atom. The number of carbonyl (C=O) groups is 1. The quantitative estimate of drug-likeness (QED) is 0.873. The predicted octanol–water partition coefficient (Wildman–Crippen LogP) is 1.14. The molecule has 0 aliphatic carbocycles. The average molecular weight is 252 g/mol. The maximum Gasteiger partial charge on any atom is 0.352 e. The number of carboxylic acids is 1. The van der Waals surface area contributed by atoms with Crippen molar-refractivity contribution in [1.29, 1.82) is 0 Å². The summed E-state index contributed by atoms with van der Waals surface area (Å²) >= 11 is 0. The van der Waals surface area contributed by atoms with E-state index in [-0.39, 0.29) is 0 Å². The van der Waals surface area contributed by atoms with Crippen molar-refractivity contribution in [2.45, 2.75) is 20.4 Å². The highest BCUT2D eigenvalue weighted by molar-refractivity contribution is 5.87. The maximum atomic E-state index is 11.3. The minimum atomic E-state index is -0.845. The number of nitrogens with zero attached hydrogens (tertiary/aromatic N) is 2. The summed E-state index contributed by atoms with van der Waals surface area (Å²) in [4.78, 5) is 13.6. The van der Waals surface area contributed by atoms with E-state index in [1.807, 2.05) is 24.5 Å². The number of ether oxygens (including phenoxy) is 1. The van der Waals surface area contributed by atoms with Gasteiger partial charge in [0.05, 0.1) is 13.2 Å². The number of rotatable bonds is 4. The first-order valence-electron chi connectivity index (χ1n) is 6.29. The van der Waals surface area contributed by atoms with Crippen molar-refractivity contribution < 1.29 is 14.6 Å². The molecule has 0 unspecified atom stereocenters. The summed E-state index contributed by atoms with van der Waals surface area (Å²) in [6.07, 6.45) is 0. The van der Waals surface area contributed by atoms with Crippen molar-refractivity contribution in [3.63, 3.8) is 0 Å². The van der Waals surface area contributed by atoms with Crippen LogP contribution in [0.15, 0.2) is 6.07 Å². The SMILES string of the molecule is Cc1cc(C)n(CCN2CCOCC2)c1C(=O)O. The molecule has 0 spiro atoms. The summed E-state index contributed by atoms with van der Waals surface area (Å²) in [5.74, 6) is -0.845. The molecule has 0 radical (unpaired) electrons. The van der Waals surface area contributed by atoms with Crippen molar-refractivity contribution in [1.82, 2.24) is 9.47 Å². The normalized spacial score (nSPS) is 17.0. The van der Waals surface area contributed by atoms with Crippen LogP contribution in [-0.4, -0.2) is 53.4 Å². The average Bonchev–Trinajstić information content (AvgIpc) is 2.62. The van der Waals surface area contributed by atoms with Crippen LogP contribution in [0.4, 0.5) is 0 Å². The van der Waals surface area contributed by atoms with Crippen LogP contribution >= 0.6 is 0 Å². The van der Waals surface area contributed by atoms with E-state index in [1.54, 1.807) is 0 Å². The van der Waals surface area contributed by atoms with Crippen LogP contribution in [0.1, 0.15) is 21.7 Å². The van der Waals surface area contributed by atoms with Crippen molar-refractivity contribution in [2.24, 2.45) is 0 Å². The van der Waals surface area contributed by atoms with Gasteiger partial charge in [0.15, 0.2) is 0 Å². The molecule has 1 aliphatic rings. The Balaban J connectivity index is 2.06. The lowest BCUT2D eigenvalue weighted by atomic mass is 10.2. The fraction of sp³-hybridized carbons (Fsp3) is 0.615. The van der Waals surface area contributed by atoms with Crippen molar-refractivity contribution in [2.75, 3.05) is 32.8 Å². The van der Waals surface area contributed by atoms with E-state index in [0.29, 0.717) is 5.69 Å². The molecular weight excluding hydrogens is 232 g/mol. The highest BCUT2D eigenvalue weighted by atomic mass is 16.5. The molecule has 2 rings (SSSR count). The Hall–Kier alpha value is -1.33. The maximum absolute atomic E-state index is 11.3. The molecule has 1 aromatic rings. The molecule has 18 heavy (non-hydrogen) atoms. The third-order valence-corrected chi connectivity index (χ3v) is 3.44. The molecule has 5 heteroatoms. The molecule has 0 amide bonds. The van der Waals surface area contributed by atoms with E-state index >= 15 is 0 Å². The van der Waals surface area contributed by atoms with E-state index in [9.17, 15) is 9.90 Å². The van der Waals surface area contributed by atoms with Crippen LogP contribution in [0.25, 0.3) is 0 Å². The first-order chi connectivity index (χ1) is 8.59. The lowest BCUT2D eigenvalue weighted by molar-refractivity contribution is 0.0360. The van der Waals surface area contributed by atoms with Crippen LogP contribution in [0, 0.1) is 13.8 Å². The lowest BCUT2D eigenvalue weighted by Gasteiger charge is -2.27. The number of aromatic carboxylic acids is 1. The second kappa shape index (κ2) is 5.54. The van der Waals surface area contributed by atoms with E-state index < -0.39 is 5.97 Å². The Labute approximate surface area is 107 Å². The number of aromatic nitrogens is 1. The van der Waals surface area contributed by atoms with Gasteiger partial charge in [0, 0.05) is 31.9 Å². The first kappa shape index (κ1) is 13.1. The standard InChI is InChI=1S/C13H20N2O3/c1-10-9-11(2)15(12(10)13(16)17)4-3-14-5-7-18-8-6-14/h9H,3-8H2,1-2H3,(H,16,17). The van der Waals surface area contributed by atoms with E-state index in [2.05, 4.69) is 4.90 Å². The zero-order valence-electron chi connectivity index (χ0n) is 11.0. The Bertz CT molecular complexity index is 434. The van der Waals surface area contributed by atoms with Gasteiger partial charge in [-0.05, 0) is 25.5 Å². The zero-order chi connectivity index (χ0) is 13.1. The molecule has 1 fully saturated rings. The van der Waals surface area contributed by atoms with E-state index in [1.165, 1.54) is 0 Å². The Morgan fingerprint density at radius 2 is 2.00 bits per heavy atom. The minimum absolute atomic E-state index is 0.417. The molecule has 1 aromatic heterocycles. The summed E-state index contributed by atoms with van der Waals surface area (Å²) in [5, 5.41) is 9.24. The molecule has 2 heterocycles. The van der Waals surface area contributed by atoms with Crippen molar-refractivity contribution >= 4 is 5.97 Å². The van der Waals surface area contributed by atoms with Gasteiger partial charge in [-0.15, -0.1) is 0 Å². The van der Waals surface area contributed by atoms with Gasteiger partial charge in [-0.1, -0.05) is 0 Å². The molecule has 0 aromatic carbocycles. The number of aryl methyl sites for hydroxylation is 2. The van der Waals surface area contributed by atoms with Crippen LogP contribution in [0.5, 0.6) is 0 Å². The Morgan fingerprint density at radius 3 is 2.61 bits per heavy atom. The molecule has 0 bridgehead atoms. The molecule has 0 saturated carbocycles. The summed E-state index contributed by atoms with van der Waals surface area (Å²) < 4.78 is 7.19. The fourth-order valence-electron chi connectivity index (χ4n) is 2.49. The number of hydrogen-bond acceptors (Lipinski definition) is 3. The molecular formula is C13H20N2O3. The third kappa shape index (κ3) is 2.73. The molecule has 5 nitrogen and oxygen atoms in total. The fourth-order valence-corrected chi connectivity index (χ4v) is 2.49. The molecule has 1 N–H and O–H groups in total. The van der Waals surface area contributed by atoms with Gasteiger partial charge in [0.25, 0.3) is 0 Å². The first-order valence-corrected chi connectivity index (χ1v) is 6.29. The highest BCUT2D eigenvalue weighted by Gasteiger charge is 2.17. The largest absolute Gasteiger partial charge is 0.477 e. The van der Waals surface area contributed by atoms with E-state index in [4.69, 9.17) is 4.74 Å². The van der Waals surface area contributed by atoms with Crippen LogP contribution in [0.3, 0.4) is 0 Å². The van der Waals surface area contributed by atoms with Crippen LogP contribution in [-0.2, 0) is 11.3 Å². The Kier molecular flexibility index (Phi) is 4.04. The lowest BCUT2D eigenvalue weighted by Crippen LogP contribution is -2.38. The van der Waals surface area contributed by atoms with Gasteiger partial charge >= 0.3 is 5.97 Å². The minimum Gasteiger partial charge on any atom is -0.477 e. The summed E-state index contributed by atoms with van der Waals surface area (Å²) in [7, 11) is 0. The number of carboxylic acid groups (broad SMARTS) is 1. The molecule has 1 aliphatic heterocycles. The summed E-state index contributed by atoms with van der Waals surface area (Å²) in [5.41, 5.74) is 2.26. The number of hydrogen-bond donors (Lipinski definition) is 1. The molecule has 1 saturated heterocycles. The van der Waals surface area contributed by atoms with Crippen LogP contribution in [0.2, 0.25) is 0 Å². The van der Waals surface area contributed by atoms with Gasteiger partial charge < -0.3 is 14.4 Å². The second-order valence-corrected chi connectivity index (χ2v) is 4.73. The molecule has 0 atom stereocenters. The van der Waals surface area contributed by atoms with Gasteiger partial charge in [0.1, 0.15) is 5.69 Å². The molecule has 100 valence electrons. The summed E-state index contributed by atoms with van der Waals surface area (Å²) in [6.45, 7) is 8.81. The van der Waals surface area contributed by atoms with Gasteiger partial charge in [0.2, 0.25) is 0 Å². The van der Waals surface area contributed by atoms with Gasteiger partial charge in [-0.25, -0.2) is 4.79 Å². The van der Waals surface area contributed by atoms with Crippen molar-refractivity contribution in [3.8, 4) is 0 Å². The monoisotopic (exact) mass is 252 g/mol. The second-order valence-electron chi connectivity index (χ2n) is 4.73. The highest BCUT2D eigenvalue weighted by Crippen LogP contribution is 2.15. The smallest absolute Gasteiger partial charge is 0.352 e. The topological polar surface area (TPSA) is 54.7 Å². The van der Waals surface area contributed by atoms with Crippen molar-refractivity contribution in [3.05, 3.63) is 23.0 Å². The number of morpholine rings is 1. The van der Waals surface area contributed by atoms with Gasteiger partial charge in [-0.2, -0.15) is 0 Å². The summed E-state index contributed by atoms with van der Waals surface area (Å²) in [6, 6.07) is 1.93. The van der Waals surface area contributed by atoms with Crippen LogP contribution < -0.4 is 0 Å². The van der Waals surface area contributed by atoms with E-state index in [0.717, 1.165) is 50.7 Å². The van der Waals surface area contributed by atoms with Gasteiger partial charge in [-0.3, -0.25) is 4.90 Å². The zero-order valence-corrected chi connectivity index (χ0v) is 11.0.